The number of aliphatic hydroxyl groups excluding tert-OH is 1. The Morgan fingerprint density at radius 2 is 1.93 bits per heavy atom. The topological polar surface area (TPSA) is 57.5 Å². The Kier molecular flexibility index (Phi) is 2.00. The van der Waals surface area contributed by atoms with Crippen molar-refractivity contribution < 1.29 is 15.0 Å². The first-order chi connectivity index (χ1) is 6.70. The van der Waals surface area contributed by atoms with Crippen molar-refractivity contribution >= 4 is 11.5 Å². The Balaban J connectivity index is 2.62. The molecule has 72 valence electrons. The first kappa shape index (κ1) is 8.81. The van der Waals surface area contributed by atoms with Crippen LogP contribution in [0.4, 0.5) is 0 Å². The lowest BCUT2D eigenvalue weighted by molar-refractivity contribution is -0.130. The minimum absolute atomic E-state index is 0.0174. The number of carbonyl (C=O) groups is 1. The summed E-state index contributed by atoms with van der Waals surface area (Å²) in [6.07, 6.45) is 1.12. The summed E-state index contributed by atoms with van der Waals surface area (Å²) in [4.78, 5) is 10.9. The van der Waals surface area contributed by atoms with E-state index in [9.17, 15) is 9.90 Å². The number of aryl methyl sites for hydroxylation is 1. The van der Waals surface area contributed by atoms with Crippen LogP contribution in [0.25, 0.3) is 5.57 Å². The van der Waals surface area contributed by atoms with Crippen LogP contribution in [0.15, 0.2) is 30.0 Å². The van der Waals surface area contributed by atoms with Gasteiger partial charge in [-0.25, -0.2) is 4.79 Å². The number of carboxylic acids is 1. The van der Waals surface area contributed by atoms with E-state index in [1.165, 1.54) is 0 Å². The van der Waals surface area contributed by atoms with E-state index in [1.54, 1.807) is 12.1 Å². The number of aliphatic hydroxyl groups is 1. The molecule has 3 heteroatoms. The van der Waals surface area contributed by atoms with Crippen LogP contribution < -0.4 is 0 Å². The molecule has 0 amide bonds. The summed E-state index contributed by atoms with van der Waals surface area (Å²) >= 11 is 0. The molecule has 0 radical (unpaired) electrons. The standard InChI is InChI=1S/C11H10O3/c12-9-6-5-7-3-1-2-4-8(7)10(9)11(13)14/h1-4,12H,5-6H2,(H,13,14). The van der Waals surface area contributed by atoms with Crippen LogP contribution >= 0.6 is 0 Å². The first-order valence-corrected chi connectivity index (χ1v) is 4.44. The fraction of sp³-hybridized carbons (Fsp3) is 0.182. The van der Waals surface area contributed by atoms with Gasteiger partial charge in [0.05, 0.1) is 0 Å². The van der Waals surface area contributed by atoms with Crippen molar-refractivity contribution in [2.75, 3.05) is 0 Å². The Hall–Kier alpha value is -1.77. The van der Waals surface area contributed by atoms with E-state index in [0.717, 1.165) is 5.56 Å². The number of allylic oxidation sites excluding steroid dienone is 1. The lowest BCUT2D eigenvalue weighted by Crippen LogP contribution is -2.11. The summed E-state index contributed by atoms with van der Waals surface area (Å²) in [5, 5.41) is 18.4. The summed E-state index contributed by atoms with van der Waals surface area (Å²) in [5.74, 6) is -1.08. The lowest BCUT2D eigenvalue weighted by atomic mass is 9.90. The highest BCUT2D eigenvalue weighted by atomic mass is 16.4. The molecule has 1 aliphatic carbocycles. The van der Waals surface area contributed by atoms with Gasteiger partial charge in [-0.15, -0.1) is 0 Å². The maximum Gasteiger partial charge on any atom is 0.339 e. The minimum Gasteiger partial charge on any atom is -0.511 e. The second kappa shape index (κ2) is 3.18. The maximum absolute atomic E-state index is 10.9. The number of benzene rings is 1. The molecule has 14 heavy (non-hydrogen) atoms. The number of fused-ring (bicyclic) bond motifs is 1. The van der Waals surface area contributed by atoms with E-state index in [4.69, 9.17) is 5.11 Å². The van der Waals surface area contributed by atoms with Crippen LogP contribution in [0.5, 0.6) is 0 Å². The van der Waals surface area contributed by atoms with Crippen LogP contribution in [-0.2, 0) is 11.2 Å². The van der Waals surface area contributed by atoms with Gasteiger partial charge in [0.1, 0.15) is 11.3 Å². The zero-order valence-electron chi connectivity index (χ0n) is 7.53. The lowest BCUT2D eigenvalue weighted by Gasteiger charge is -2.16. The second-order valence-electron chi connectivity index (χ2n) is 3.28. The van der Waals surface area contributed by atoms with Crippen molar-refractivity contribution in [3.8, 4) is 0 Å². The van der Waals surface area contributed by atoms with Crippen molar-refractivity contribution in [1.82, 2.24) is 0 Å². The van der Waals surface area contributed by atoms with Gasteiger partial charge < -0.3 is 10.2 Å². The number of rotatable bonds is 1. The fourth-order valence-electron chi connectivity index (χ4n) is 1.75. The Morgan fingerprint density at radius 3 is 2.64 bits per heavy atom. The Labute approximate surface area is 81.3 Å². The third kappa shape index (κ3) is 1.27. The average molecular weight is 190 g/mol. The van der Waals surface area contributed by atoms with Crippen LogP contribution in [-0.4, -0.2) is 16.2 Å². The molecule has 0 spiro atoms. The van der Waals surface area contributed by atoms with Gasteiger partial charge in [0.25, 0.3) is 0 Å². The van der Waals surface area contributed by atoms with Crippen molar-refractivity contribution in [2.45, 2.75) is 12.8 Å². The fourth-order valence-corrected chi connectivity index (χ4v) is 1.75. The minimum atomic E-state index is -1.06. The zero-order chi connectivity index (χ0) is 10.1. The average Bonchev–Trinajstić information content (AvgIpc) is 2.17. The predicted octanol–water partition coefficient (Wildman–Crippen LogP) is 1.99. The molecular weight excluding hydrogens is 180 g/mol. The molecule has 0 unspecified atom stereocenters. The summed E-state index contributed by atoms with van der Waals surface area (Å²) in [7, 11) is 0. The van der Waals surface area contributed by atoms with E-state index in [1.807, 2.05) is 12.1 Å². The SMILES string of the molecule is O=C(O)C1=C(O)CCc2ccccc21. The number of hydrogen-bond donors (Lipinski definition) is 2. The van der Waals surface area contributed by atoms with Crippen LogP contribution in [0, 0.1) is 0 Å². The van der Waals surface area contributed by atoms with Gasteiger partial charge in [0.2, 0.25) is 0 Å². The van der Waals surface area contributed by atoms with Gasteiger partial charge in [0.15, 0.2) is 0 Å². The Bertz CT molecular complexity index is 418. The normalized spacial score (nSPS) is 15.1. The Morgan fingerprint density at radius 1 is 1.21 bits per heavy atom. The van der Waals surface area contributed by atoms with Gasteiger partial charge in [0, 0.05) is 6.42 Å². The summed E-state index contributed by atoms with van der Waals surface area (Å²) in [6.45, 7) is 0. The predicted molar refractivity (Wildman–Crippen MR) is 51.9 cm³/mol. The number of hydrogen-bond acceptors (Lipinski definition) is 2. The molecule has 3 nitrogen and oxygen atoms in total. The second-order valence-corrected chi connectivity index (χ2v) is 3.28. The molecule has 0 aliphatic heterocycles. The number of aliphatic carboxylic acids is 1. The van der Waals surface area contributed by atoms with Crippen molar-refractivity contribution in [2.24, 2.45) is 0 Å². The molecule has 0 bridgehead atoms. The van der Waals surface area contributed by atoms with E-state index < -0.39 is 5.97 Å². The number of carboxylic acid groups (broad SMARTS) is 1. The molecule has 1 aromatic carbocycles. The molecular formula is C11H10O3. The maximum atomic E-state index is 10.9. The molecule has 0 atom stereocenters. The largest absolute Gasteiger partial charge is 0.511 e. The molecule has 0 aromatic heterocycles. The van der Waals surface area contributed by atoms with E-state index in [2.05, 4.69) is 0 Å². The highest BCUT2D eigenvalue weighted by molar-refractivity contribution is 6.16. The van der Waals surface area contributed by atoms with Crippen molar-refractivity contribution in [3.05, 3.63) is 41.2 Å². The van der Waals surface area contributed by atoms with Gasteiger partial charge in [-0.05, 0) is 17.5 Å². The van der Waals surface area contributed by atoms with Crippen LogP contribution in [0.2, 0.25) is 0 Å². The van der Waals surface area contributed by atoms with Crippen molar-refractivity contribution in [1.29, 1.82) is 0 Å². The van der Waals surface area contributed by atoms with Crippen LogP contribution in [0.3, 0.4) is 0 Å². The van der Waals surface area contributed by atoms with Crippen LogP contribution in [0.1, 0.15) is 17.5 Å². The van der Waals surface area contributed by atoms with E-state index >= 15 is 0 Å². The van der Waals surface area contributed by atoms with Gasteiger partial charge >= 0.3 is 5.97 Å². The monoisotopic (exact) mass is 190 g/mol. The third-order valence-electron chi connectivity index (χ3n) is 2.42. The zero-order valence-corrected chi connectivity index (χ0v) is 7.53. The molecule has 0 saturated heterocycles. The van der Waals surface area contributed by atoms with E-state index in [-0.39, 0.29) is 11.3 Å². The summed E-state index contributed by atoms with van der Waals surface area (Å²) in [5.41, 5.74) is 1.68. The molecule has 0 saturated carbocycles. The molecule has 2 rings (SSSR count). The van der Waals surface area contributed by atoms with Crippen molar-refractivity contribution in [3.63, 3.8) is 0 Å². The quantitative estimate of drug-likeness (QED) is 0.711. The summed E-state index contributed by atoms with van der Waals surface area (Å²) in [6, 6.07) is 7.28. The smallest absolute Gasteiger partial charge is 0.339 e. The highest BCUT2D eigenvalue weighted by Crippen LogP contribution is 2.29. The molecule has 1 aromatic rings. The first-order valence-electron chi connectivity index (χ1n) is 4.44. The van der Waals surface area contributed by atoms with Gasteiger partial charge in [-0.1, -0.05) is 24.3 Å². The third-order valence-corrected chi connectivity index (χ3v) is 2.42. The highest BCUT2D eigenvalue weighted by Gasteiger charge is 2.23. The summed E-state index contributed by atoms with van der Waals surface area (Å²) < 4.78 is 0. The molecule has 1 aliphatic rings. The molecule has 0 heterocycles. The molecule has 0 fully saturated rings. The van der Waals surface area contributed by atoms with E-state index in [0.29, 0.717) is 18.4 Å². The van der Waals surface area contributed by atoms with Gasteiger partial charge in [-0.3, -0.25) is 0 Å². The molecule has 2 N–H and O–H groups in total. The van der Waals surface area contributed by atoms with Gasteiger partial charge in [-0.2, -0.15) is 0 Å².